The standard InChI is InChI=1S/C31H17N7.4C12H8N2.CH4.2Ru/c1-5-17-21-13-16-14-23-24(15-22(16)36-25(21)18-6-2-10-33-27(18)26(17)32-9-1)38-31-20-8-4-12-35-29(20)28-19(30(31)37-23)7-3-11-34-28;4*1-3-9-5-6-10-4-2-8-14-12(10)11(9)13-7-1;;;/h1-12,14-15,36H,13H2;4*1-8H;1H4;;. The third-order valence-corrected chi connectivity index (χ3v) is 17.0. The minimum Gasteiger partial charge on any atom is -0.354 e. The molecule has 0 saturated heterocycles. The largest absolute Gasteiger partial charge is 0.354 e. The fourth-order valence-corrected chi connectivity index (χ4v) is 12.7. The Morgan fingerprint density at radius 1 is 0.237 bits per heavy atom. The van der Waals surface area contributed by atoms with Crippen molar-refractivity contribution in [1.82, 2.24) is 69.8 Å². The molecular formula is C80H53N15Ru2. The van der Waals surface area contributed by atoms with E-state index in [1.54, 1.807) is 62.0 Å². The van der Waals surface area contributed by atoms with E-state index in [1.165, 1.54) is 11.1 Å². The summed E-state index contributed by atoms with van der Waals surface area (Å²) in [5.74, 6) is 0. The van der Waals surface area contributed by atoms with E-state index < -0.39 is 0 Å². The number of anilines is 2. The summed E-state index contributed by atoms with van der Waals surface area (Å²) in [5.41, 5.74) is 19.2. The first kappa shape index (κ1) is 62.6. The Hall–Kier alpha value is -11.9. The quantitative estimate of drug-likeness (QED) is 0.0856. The topological polar surface area (TPSA) is 192 Å². The summed E-state index contributed by atoms with van der Waals surface area (Å²) in [5, 5.41) is 16.9. The number of nitrogens with one attached hydrogen (secondary N) is 1. The van der Waals surface area contributed by atoms with E-state index in [1.807, 2.05) is 97.3 Å². The van der Waals surface area contributed by atoms with Crippen molar-refractivity contribution in [2.24, 2.45) is 0 Å². The number of nitrogens with zero attached hydrogens (tertiary/aromatic N) is 14. The summed E-state index contributed by atoms with van der Waals surface area (Å²) in [6.45, 7) is 0. The van der Waals surface area contributed by atoms with Crippen molar-refractivity contribution in [2.75, 3.05) is 5.32 Å². The first-order chi connectivity index (χ1) is 46.6. The Morgan fingerprint density at radius 3 is 0.784 bits per heavy atom. The molecule has 0 fully saturated rings. The Morgan fingerprint density at radius 2 is 0.474 bits per heavy atom. The normalized spacial score (nSPS) is 11.3. The first-order valence-corrected chi connectivity index (χ1v) is 30.6. The SMILES string of the molecule is C.[Ru].[Ru].c1cnc2c(c1)c1c(c3cccnc32)Nc2cc3nc4c5cccnc5c5ncccc5c4nc3cc2C1.c1cnc2c(c1)ccc1cccnc12.c1cnc2c(c1)ccc1cccnc12.c1cnc2c(c1)ccc1cccnc12.c1cnc2c(c1)ccc1cccnc12. The van der Waals surface area contributed by atoms with Crippen LogP contribution in [0.2, 0.25) is 0 Å². The fraction of sp³-hybridized carbons (Fsp3) is 0.0250. The van der Waals surface area contributed by atoms with Crippen LogP contribution in [0.1, 0.15) is 18.6 Å². The Balaban J connectivity index is 0.000000114. The van der Waals surface area contributed by atoms with E-state index in [0.717, 1.165) is 171 Å². The number of pyridine rings is 12. The van der Waals surface area contributed by atoms with Crippen LogP contribution in [0.15, 0.2) is 281 Å². The minimum absolute atomic E-state index is 0. The van der Waals surface area contributed by atoms with Gasteiger partial charge < -0.3 is 5.32 Å². The summed E-state index contributed by atoms with van der Waals surface area (Å²) in [6, 6.07) is 69.0. The molecule has 1 aliphatic rings. The maximum atomic E-state index is 5.15. The smallest absolute Gasteiger partial charge is 0.0996 e. The predicted molar refractivity (Wildman–Crippen MR) is 386 cm³/mol. The molecule has 0 amide bonds. The predicted octanol–water partition coefficient (Wildman–Crippen LogP) is 18.4. The maximum Gasteiger partial charge on any atom is 0.0996 e. The van der Waals surface area contributed by atoms with E-state index in [-0.39, 0.29) is 46.4 Å². The molecule has 7 aromatic carbocycles. The average Bonchev–Trinajstić information content (AvgIpc) is 0.731. The monoisotopic (exact) mass is 1430 g/mol. The fourth-order valence-electron chi connectivity index (χ4n) is 12.7. The Kier molecular flexibility index (Phi) is 17.5. The Labute approximate surface area is 579 Å². The molecule has 97 heavy (non-hydrogen) atoms. The van der Waals surface area contributed by atoms with Gasteiger partial charge in [0, 0.05) is 190 Å². The van der Waals surface area contributed by atoms with E-state index in [2.05, 4.69) is 186 Å². The summed E-state index contributed by atoms with van der Waals surface area (Å²) in [7, 11) is 0. The molecule has 0 spiro atoms. The van der Waals surface area contributed by atoms with Crippen molar-refractivity contribution in [3.05, 3.63) is 292 Å². The summed E-state index contributed by atoms with van der Waals surface area (Å²) >= 11 is 0. The Bertz CT molecular complexity index is 5560. The molecule has 15 nitrogen and oxygen atoms in total. The zero-order chi connectivity index (χ0) is 62.3. The molecule has 21 rings (SSSR count). The summed E-state index contributed by atoms with van der Waals surface area (Å²) < 4.78 is 0. The number of fused-ring (bicyclic) bond motifs is 26. The summed E-state index contributed by atoms with van der Waals surface area (Å²) in [4.78, 5) is 63.7. The van der Waals surface area contributed by atoms with Gasteiger partial charge in [0.25, 0.3) is 0 Å². The van der Waals surface area contributed by atoms with Crippen molar-refractivity contribution in [2.45, 2.75) is 13.8 Å². The van der Waals surface area contributed by atoms with Gasteiger partial charge in [-0.3, -0.25) is 59.8 Å². The zero-order valence-electron chi connectivity index (χ0n) is 50.7. The van der Waals surface area contributed by atoms with Crippen molar-refractivity contribution in [1.29, 1.82) is 0 Å². The van der Waals surface area contributed by atoms with E-state index >= 15 is 0 Å². The third kappa shape index (κ3) is 11.7. The molecule has 0 saturated carbocycles. The van der Waals surface area contributed by atoms with Crippen LogP contribution in [-0.4, -0.2) is 69.8 Å². The van der Waals surface area contributed by atoms with Gasteiger partial charge >= 0.3 is 0 Å². The molecule has 0 aliphatic carbocycles. The number of aromatic nitrogens is 14. The maximum absolute atomic E-state index is 5.15. The summed E-state index contributed by atoms with van der Waals surface area (Å²) in [6.07, 6.45) is 22.4. The minimum atomic E-state index is 0. The average molecular weight is 1430 g/mol. The molecule has 20 aromatic rings. The molecule has 464 valence electrons. The van der Waals surface area contributed by atoms with Crippen molar-refractivity contribution in [3.8, 4) is 0 Å². The van der Waals surface area contributed by atoms with Crippen molar-refractivity contribution in [3.63, 3.8) is 0 Å². The molecule has 14 heterocycles. The molecule has 0 radical (unpaired) electrons. The van der Waals surface area contributed by atoms with Gasteiger partial charge in [-0.2, -0.15) is 0 Å². The van der Waals surface area contributed by atoms with Crippen LogP contribution in [0.3, 0.4) is 0 Å². The van der Waals surface area contributed by atoms with Gasteiger partial charge in [0.2, 0.25) is 0 Å². The molecule has 0 unspecified atom stereocenters. The van der Waals surface area contributed by atoms with Crippen LogP contribution in [0.5, 0.6) is 0 Å². The molecular weight excluding hydrogens is 1370 g/mol. The van der Waals surface area contributed by atoms with E-state index in [0.29, 0.717) is 0 Å². The number of rotatable bonds is 0. The van der Waals surface area contributed by atoms with Gasteiger partial charge in [0.1, 0.15) is 0 Å². The van der Waals surface area contributed by atoms with Crippen molar-refractivity contribution < 1.29 is 39.0 Å². The number of benzene rings is 7. The van der Waals surface area contributed by atoms with Crippen LogP contribution in [0, 0.1) is 0 Å². The number of hydrogen-bond donors (Lipinski definition) is 1. The van der Waals surface area contributed by atoms with E-state index in [9.17, 15) is 0 Å². The van der Waals surface area contributed by atoms with E-state index in [4.69, 9.17) is 9.97 Å². The molecule has 0 atom stereocenters. The van der Waals surface area contributed by atoms with Crippen LogP contribution in [0.4, 0.5) is 11.4 Å². The molecule has 17 heteroatoms. The van der Waals surface area contributed by atoms with Gasteiger partial charge in [0.05, 0.1) is 94.0 Å². The molecule has 1 aliphatic heterocycles. The van der Waals surface area contributed by atoms with Crippen LogP contribution >= 0.6 is 0 Å². The third-order valence-electron chi connectivity index (χ3n) is 17.0. The second-order valence-electron chi connectivity index (χ2n) is 22.5. The second-order valence-corrected chi connectivity index (χ2v) is 22.5. The van der Waals surface area contributed by atoms with Crippen LogP contribution in [-0.2, 0) is 45.4 Å². The van der Waals surface area contributed by atoms with Crippen molar-refractivity contribution >= 4 is 164 Å². The van der Waals surface area contributed by atoms with Crippen LogP contribution < -0.4 is 5.32 Å². The molecule has 13 aromatic heterocycles. The van der Waals surface area contributed by atoms with Gasteiger partial charge in [-0.05, 0) is 114 Å². The molecule has 0 bridgehead atoms. The van der Waals surface area contributed by atoms with Crippen LogP contribution in [0.25, 0.3) is 153 Å². The number of hydrogen-bond acceptors (Lipinski definition) is 15. The van der Waals surface area contributed by atoms with Gasteiger partial charge in [0.15, 0.2) is 0 Å². The first-order valence-electron chi connectivity index (χ1n) is 30.6. The van der Waals surface area contributed by atoms with Gasteiger partial charge in [-0.25, -0.2) is 9.97 Å². The van der Waals surface area contributed by atoms with Gasteiger partial charge in [-0.15, -0.1) is 0 Å². The molecule has 1 N–H and O–H groups in total. The van der Waals surface area contributed by atoms with Gasteiger partial charge in [-0.1, -0.05) is 111 Å². The zero-order valence-corrected chi connectivity index (χ0v) is 54.2. The second kappa shape index (κ2) is 27.2.